The van der Waals surface area contributed by atoms with Crippen molar-refractivity contribution >= 4 is 0 Å². The predicted octanol–water partition coefficient (Wildman–Crippen LogP) is 3.29. The van der Waals surface area contributed by atoms with Crippen LogP contribution < -0.4 is 0 Å². The van der Waals surface area contributed by atoms with Crippen LogP contribution in [0.15, 0.2) is 18.2 Å². The van der Waals surface area contributed by atoms with E-state index >= 15 is 0 Å². The Morgan fingerprint density at radius 1 is 1.22 bits per heavy atom. The summed E-state index contributed by atoms with van der Waals surface area (Å²) in [6, 6.07) is 6.60. The summed E-state index contributed by atoms with van der Waals surface area (Å²) in [5.41, 5.74) is 3.37. The van der Waals surface area contributed by atoms with Crippen molar-refractivity contribution < 1.29 is 5.11 Å². The zero-order valence-corrected chi connectivity index (χ0v) is 12.5. The van der Waals surface area contributed by atoms with Gasteiger partial charge in [-0.3, -0.25) is 4.90 Å². The molecule has 1 aromatic rings. The molecule has 0 spiro atoms. The van der Waals surface area contributed by atoms with Gasteiger partial charge in [0.2, 0.25) is 0 Å². The lowest BCUT2D eigenvalue weighted by atomic mass is 10.0. The number of aliphatic hydroxyl groups is 1. The van der Waals surface area contributed by atoms with Crippen molar-refractivity contribution in [3.05, 3.63) is 34.9 Å². The Labute approximate surface area is 112 Å². The van der Waals surface area contributed by atoms with Crippen LogP contribution in [0.2, 0.25) is 0 Å². The van der Waals surface area contributed by atoms with Gasteiger partial charge in [0.05, 0.1) is 5.60 Å². The van der Waals surface area contributed by atoms with Crippen LogP contribution in [0.25, 0.3) is 0 Å². The van der Waals surface area contributed by atoms with Crippen molar-refractivity contribution in [1.29, 1.82) is 0 Å². The van der Waals surface area contributed by atoms with Gasteiger partial charge in [0.1, 0.15) is 0 Å². The maximum atomic E-state index is 9.96. The number of aryl methyl sites for hydroxylation is 2. The largest absolute Gasteiger partial charge is 0.389 e. The standard InChI is InChI=1S/C16H27NO/c1-6-9-17(12-16(4,5)18)11-15-8-7-13(2)10-14(15)3/h7-8,10,18H,6,9,11-12H2,1-5H3. The van der Waals surface area contributed by atoms with Crippen LogP contribution in [0.4, 0.5) is 0 Å². The molecule has 0 amide bonds. The number of rotatable bonds is 6. The summed E-state index contributed by atoms with van der Waals surface area (Å²) >= 11 is 0. The summed E-state index contributed by atoms with van der Waals surface area (Å²) < 4.78 is 0. The molecule has 1 aromatic carbocycles. The van der Waals surface area contributed by atoms with Gasteiger partial charge in [0, 0.05) is 13.1 Å². The molecule has 0 saturated heterocycles. The molecule has 0 bridgehead atoms. The van der Waals surface area contributed by atoms with E-state index in [1.165, 1.54) is 16.7 Å². The first-order valence-electron chi connectivity index (χ1n) is 6.82. The lowest BCUT2D eigenvalue weighted by Crippen LogP contribution is -2.38. The van der Waals surface area contributed by atoms with E-state index in [4.69, 9.17) is 0 Å². The van der Waals surface area contributed by atoms with E-state index < -0.39 is 5.60 Å². The van der Waals surface area contributed by atoms with Gasteiger partial charge in [-0.25, -0.2) is 0 Å². The zero-order chi connectivity index (χ0) is 13.8. The van der Waals surface area contributed by atoms with Crippen molar-refractivity contribution in [1.82, 2.24) is 4.90 Å². The first-order valence-corrected chi connectivity index (χ1v) is 6.82. The molecule has 0 aliphatic rings. The van der Waals surface area contributed by atoms with Gasteiger partial charge >= 0.3 is 0 Å². The molecular weight excluding hydrogens is 222 g/mol. The normalized spacial score (nSPS) is 12.2. The van der Waals surface area contributed by atoms with Crippen LogP contribution in [0, 0.1) is 13.8 Å². The highest BCUT2D eigenvalue weighted by Crippen LogP contribution is 2.15. The highest BCUT2D eigenvalue weighted by Gasteiger charge is 2.18. The minimum absolute atomic E-state index is 0.631. The monoisotopic (exact) mass is 249 g/mol. The van der Waals surface area contributed by atoms with Crippen molar-refractivity contribution in [3.63, 3.8) is 0 Å². The summed E-state index contributed by atoms with van der Waals surface area (Å²) in [5.74, 6) is 0. The first kappa shape index (κ1) is 15.2. The van der Waals surface area contributed by atoms with Crippen LogP contribution >= 0.6 is 0 Å². The number of nitrogens with zero attached hydrogens (tertiary/aromatic N) is 1. The molecule has 0 aliphatic heterocycles. The van der Waals surface area contributed by atoms with E-state index in [1.807, 2.05) is 13.8 Å². The SMILES string of the molecule is CCCN(Cc1ccc(C)cc1C)CC(C)(C)O. The Balaban J connectivity index is 2.76. The topological polar surface area (TPSA) is 23.5 Å². The average Bonchev–Trinajstić information content (AvgIpc) is 2.20. The van der Waals surface area contributed by atoms with E-state index in [9.17, 15) is 5.11 Å². The second-order valence-electron chi connectivity index (χ2n) is 5.95. The molecule has 2 nitrogen and oxygen atoms in total. The Hall–Kier alpha value is -0.860. The van der Waals surface area contributed by atoms with Crippen molar-refractivity contribution in [3.8, 4) is 0 Å². The summed E-state index contributed by atoms with van der Waals surface area (Å²) in [4.78, 5) is 2.33. The van der Waals surface area contributed by atoms with Gasteiger partial charge in [-0.15, -0.1) is 0 Å². The van der Waals surface area contributed by atoms with Crippen LogP contribution in [0.1, 0.15) is 43.9 Å². The van der Waals surface area contributed by atoms with Gasteiger partial charge in [-0.2, -0.15) is 0 Å². The van der Waals surface area contributed by atoms with E-state index in [1.54, 1.807) is 0 Å². The molecule has 18 heavy (non-hydrogen) atoms. The molecule has 0 aromatic heterocycles. The van der Waals surface area contributed by atoms with Crippen LogP contribution in [0.5, 0.6) is 0 Å². The molecule has 1 N–H and O–H groups in total. The van der Waals surface area contributed by atoms with Gasteiger partial charge in [-0.05, 0) is 51.8 Å². The maximum Gasteiger partial charge on any atom is 0.0718 e. The van der Waals surface area contributed by atoms with Crippen molar-refractivity contribution in [2.45, 2.75) is 53.2 Å². The quantitative estimate of drug-likeness (QED) is 0.836. The molecule has 0 aliphatic carbocycles. The fraction of sp³-hybridized carbons (Fsp3) is 0.625. The molecule has 1 rings (SSSR count). The molecule has 2 heteroatoms. The van der Waals surface area contributed by atoms with Gasteiger partial charge in [0.25, 0.3) is 0 Å². The van der Waals surface area contributed by atoms with Crippen molar-refractivity contribution in [2.24, 2.45) is 0 Å². The molecule has 0 heterocycles. The Kier molecular flexibility index (Phi) is 5.36. The molecule has 0 saturated carbocycles. The van der Waals surface area contributed by atoms with Gasteiger partial charge in [-0.1, -0.05) is 30.7 Å². The summed E-state index contributed by atoms with van der Waals surface area (Å²) in [7, 11) is 0. The van der Waals surface area contributed by atoms with Crippen LogP contribution in [-0.4, -0.2) is 28.7 Å². The third-order valence-electron chi connectivity index (χ3n) is 3.04. The lowest BCUT2D eigenvalue weighted by Gasteiger charge is -2.29. The Bertz CT molecular complexity index is 379. The van der Waals surface area contributed by atoms with Gasteiger partial charge < -0.3 is 5.11 Å². The fourth-order valence-electron chi connectivity index (χ4n) is 2.34. The summed E-state index contributed by atoms with van der Waals surface area (Å²) in [6.45, 7) is 12.9. The van der Waals surface area contributed by atoms with E-state index in [2.05, 4.69) is 43.9 Å². The highest BCUT2D eigenvalue weighted by atomic mass is 16.3. The molecule has 0 radical (unpaired) electrons. The molecule has 102 valence electrons. The molecule has 0 unspecified atom stereocenters. The Morgan fingerprint density at radius 2 is 1.89 bits per heavy atom. The van der Waals surface area contributed by atoms with E-state index in [-0.39, 0.29) is 0 Å². The smallest absolute Gasteiger partial charge is 0.0718 e. The van der Waals surface area contributed by atoms with E-state index in [0.29, 0.717) is 6.54 Å². The predicted molar refractivity (Wildman–Crippen MR) is 77.8 cm³/mol. The second kappa shape index (κ2) is 6.35. The second-order valence-corrected chi connectivity index (χ2v) is 5.95. The number of benzene rings is 1. The lowest BCUT2D eigenvalue weighted by molar-refractivity contribution is 0.0335. The Morgan fingerprint density at radius 3 is 2.39 bits per heavy atom. The zero-order valence-electron chi connectivity index (χ0n) is 12.5. The summed E-state index contributed by atoms with van der Waals surface area (Å²) in [5, 5.41) is 9.96. The number of hydrogen-bond donors (Lipinski definition) is 1. The molecule has 0 atom stereocenters. The van der Waals surface area contributed by atoms with E-state index in [0.717, 1.165) is 19.5 Å². The molecule has 0 fully saturated rings. The van der Waals surface area contributed by atoms with Crippen LogP contribution in [-0.2, 0) is 6.54 Å². The average molecular weight is 249 g/mol. The minimum Gasteiger partial charge on any atom is -0.389 e. The first-order chi connectivity index (χ1) is 8.31. The molecular formula is C16H27NO. The summed E-state index contributed by atoms with van der Waals surface area (Å²) in [6.07, 6.45) is 1.11. The minimum atomic E-state index is -0.631. The number of hydrogen-bond acceptors (Lipinski definition) is 2. The third-order valence-corrected chi connectivity index (χ3v) is 3.04. The maximum absolute atomic E-state index is 9.96. The van der Waals surface area contributed by atoms with Crippen LogP contribution in [0.3, 0.4) is 0 Å². The third kappa shape index (κ3) is 5.19. The van der Waals surface area contributed by atoms with Gasteiger partial charge in [0.15, 0.2) is 0 Å². The van der Waals surface area contributed by atoms with Crippen molar-refractivity contribution in [2.75, 3.05) is 13.1 Å². The fourth-order valence-corrected chi connectivity index (χ4v) is 2.34. The highest BCUT2D eigenvalue weighted by molar-refractivity contribution is 5.30.